The molecule has 2 unspecified atom stereocenters. The van der Waals surface area contributed by atoms with Crippen LogP contribution in [0.1, 0.15) is 12.6 Å². The molecule has 1 aromatic heterocycles. The zero-order chi connectivity index (χ0) is 13.6. The average molecular weight is 284 g/mol. The molecule has 102 valence electrons. The lowest BCUT2D eigenvalue weighted by Gasteiger charge is -2.44. The molecule has 1 N–H and O–H groups in total. The van der Waals surface area contributed by atoms with Crippen LogP contribution < -0.4 is 9.64 Å². The number of aromatic nitrogens is 2. The van der Waals surface area contributed by atoms with Crippen LogP contribution in [0.2, 0.25) is 5.28 Å². The average Bonchev–Trinajstić information content (AvgIpc) is 2.37. The lowest BCUT2D eigenvalue weighted by atomic mass is 10.1. The fourth-order valence-corrected chi connectivity index (χ4v) is 2.66. The molecule has 6 nitrogen and oxygen atoms in total. The van der Waals surface area contributed by atoms with Crippen LogP contribution in [0.15, 0.2) is 6.58 Å². The molecule has 0 spiro atoms. The van der Waals surface area contributed by atoms with Gasteiger partial charge >= 0.3 is 0 Å². The van der Waals surface area contributed by atoms with Crippen LogP contribution in [-0.4, -0.2) is 47.0 Å². The molecular weight excluding hydrogens is 270 g/mol. The van der Waals surface area contributed by atoms with E-state index in [-0.39, 0.29) is 28.8 Å². The lowest BCUT2D eigenvalue weighted by molar-refractivity contribution is 0.0485. The fourth-order valence-electron chi connectivity index (χ4n) is 2.50. The minimum absolute atomic E-state index is 0.0619. The van der Waals surface area contributed by atoms with Crippen LogP contribution in [0.3, 0.4) is 0 Å². The Morgan fingerprint density at radius 1 is 1.42 bits per heavy atom. The summed E-state index contributed by atoms with van der Waals surface area (Å²) in [6, 6.07) is 0.259. The predicted octanol–water partition coefficient (Wildman–Crippen LogP) is 1.64. The Bertz CT molecular complexity index is 537. The van der Waals surface area contributed by atoms with E-state index < -0.39 is 0 Å². The highest BCUT2D eigenvalue weighted by molar-refractivity contribution is 6.28. The third-order valence-corrected chi connectivity index (χ3v) is 3.46. The number of hydrogen-bond donors (Lipinski definition) is 1. The van der Waals surface area contributed by atoms with Crippen molar-refractivity contribution in [1.82, 2.24) is 9.97 Å². The second-order valence-corrected chi connectivity index (χ2v) is 5.04. The number of ether oxygens (including phenoxy) is 2. The van der Waals surface area contributed by atoms with Gasteiger partial charge in [-0.3, -0.25) is 0 Å². The summed E-state index contributed by atoms with van der Waals surface area (Å²) in [5.41, 5.74) is 0.243. The molecule has 1 fully saturated rings. The molecule has 2 aliphatic heterocycles. The van der Waals surface area contributed by atoms with Gasteiger partial charge in [0.2, 0.25) is 5.28 Å². The molecule has 0 bridgehead atoms. The zero-order valence-corrected chi connectivity index (χ0v) is 11.2. The van der Waals surface area contributed by atoms with E-state index in [1.807, 2.05) is 6.92 Å². The molecule has 0 saturated carbocycles. The molecule has 1 saturated heterocycles. The Hall–Kier alpha value is -1.53. The minimum atomic E-state index is -0.181. The van der Waals surface area contributed by atoms with Gasteiger partial charge in [-0.15, -0.1) is 0 Å². The first-order valence-corrected chi connectivity index (χ1v) is 6.40. The van der Waals surface area contributed by atoms with E-state index in [0.29, 0.717) is 31.4 Å². The van der Waals surface area contributed by atoms with Crippen molar-refractivity contribution in [1.29, 1.82) is 0 Å². The van der Waals surface area contributed by atoms with Crippen molar-refractivity contribution in [2.75, 3.05) is 24.7 Å². The van der Waals surface area contributed by atoms with E-state index in [2.05, 4.69) is 21.4 Å². The predicted molar refractivity (Wildman–Crippen MR) is 70.7 cm³/mol. The summed E-state index contributed by atoms with van der Waals surface area (Å²) >= 11 is 5.92. The van der Waals surface area contributed by atoms with Crippen LogP contribution in [0.4, 0.5) is 5.82 Å². The molecule has 2 aliphatic rings. The fraction of sp³-hybridized carbons (Fsp3) is 0.500. The van der Waals surface area contributed by atoms with E-state index >= 15 is 0 Å². The lowest BCUT2D eigenvalue weighted by Crippen LogP contribution is -2.56. The number of fused-ring (bicyclic) bond motifs is 3. The second kappa shape index (κ2) is 4.54. The summed E-state index contributed by atoms with van der Waals surface area (Å²) in [5, 5.41) is 9.66. The minimum Gasteiger partial charge on any atom is -0.506 e. The number of anilines is 1. The first-order valence-electron chi connectivity index (χ1n) is 6.02. The highest BCUT2D eigenvalue weighted by Gasteiger charge is 2.37. The Labute approximate surface area is 115 Å². The summed E-state index contributed by atoms with van der Waals surface area (Å²) in [6.45, 7) is 7.19. The van der Waals surface area contributed by atoms with E-state index in [9.17, 15) is 5.11 Å². The van der Waals surface area contributed by atoms with Gasteiger partial charge in [-0.25, -0.2) is 4.98 Å². The van der Waals surface area contributed by atoms with Gasteiger partial charge < -0.3 is 19.5 Å². The van der Waals surface area contributed by atoms with Crippen LogP contribution >= 0.6 is 11.6 Å². The molecule has 0 radical (unpaired) electrons. The smallest absolute Gasteiger partial charge is 0.225 e. The maximum atomic E-state index is 9.60. The summed E-state index contributed by atoms with van der Waals surface area (Å²) in [7, 11) is 0. The van der Waals surface area contributed by atoms with Crippen molar-refractivity contribution in [3.05, 3.63) is 17.6 Å². The molecule has 0 amide bonds. The third-order valence-electron chi connectivity index (χ3n) is 3.30. The van der Waals surface area contributed by atoms with E-state index in [0.717, 1.165) is 0 Å². The largest absolute Gasteiger partial charge is 0.506 e. The van der Waals surface area contributed by atoms with Crippen molar-refractivity contribution in [2.45, 2.75) is 19.0 Å². The zero-order valence-electron chi connectivity index (χ0n) is 10.5. The van der Waals surface area contributed by atoms with Crippen LogP contribution in [0.5, 0.6) is 5.75 Å². The number of hydrogen-bond acceptors (Lipinski definition) is 6. The third kappa shape index (κ3) is 2.01. The Morgan fingerprint density at radius 3 is 2.95 bits per heavy atom. The number of morpholine rings is 1. The number of halogens is 1. The molecule has 0 aromatic carbocycles. The Balaban J connectivity index is 2.13. The maximum Gasteiger partial charge on any atom is 0.225 e. The van der Waals surface area contributed by atoms with Gasteiger partial charge in [0.05, 0.1) is 25.3 Å². The summed E-state index contributed by atoms with van der Waals surface area (Å²) in [6.07, 6.45) is 0. The summed E-state index contributed by atoms with van der Waals surface area (Å²) < 4.78 is 11.2. The van der Waals surface area contributed by atoms with Crippen LogP contribution in [0, 0.1) is 0 Å². The van der Waals surface area contributed by atoms with Crippen LogP contribution in [-0.2, 0) is 4.74 Å². The van der Waals surface area contributed by atoms with Crippen LogP contribution in [0.25, 0.3) is 5.76 Å². The normalized spacial score (nSPS) is 25.3. The van der Waals surface area contributed by atoms with Crippen molar-refractivity contribution < 1.29 is 14.6 Å². The molecule has 3 heterocycles. The Kier molecular flexibility index (Phi) is 2.99. The van der Waals surface area contributed by atoms with Gasteiger partial charge in [-0.05, 0) is 18.5 Å². The van der Waals surface area contributed by atoms with Gasteiger partial charge in [0.25, 0.3) is 0 Å². The van der Waals surface area contributed by atoms with Crippen molar-refractivity contribution in [3.8, 4) is 5.75 Å². The standard InChI is InChI=1S/C12H14ClN3O3/c1-6-3-18-4-8-5-19-10-9(7(2)17)14-12(13)15-11(10)16(6)8/h6,8,17H,2-5H2,1H3. The highest BCUT2D eigenvalue weighted by Crippen LogP contribution is 2.39. The van der Waals surface area contributed by atoms with Crippen molar-refractivity contribution in [3.63, 3.8) is 0 Å². The molecule has 1 aromatic rings. The van der Waals surface area contributed by atoms with Gasteiger partial charge in [-0.2, -0.15) is 4.98 Å². The summed E-state index contributed by atoms with van der Waals surface area (Å²) in [5.74, 6) is 0.846. The molecule has 3 rings (SSSR count). The number of rotatable bonds is 1. The SMILES string of the molecule is C=C(O)c1nc(Cl)nc2c1OCC1COCC(C)N21. The van der Waals surface area contributed by atoms with Crippen molar-refractivity contribution >= 4 is 23.2 Å². The molecular formula is C12H14ClN3O3. The maximum absolute atomic E-state index is 9.60. The summed E-state index contributed by atoms with van der Waals surface area (Å²) in [4.78, 5) is 10.3. The first-order chi connectivity index (χ1) is 9.08. The molecule has 7 heteroatoms. The highest BCUT2D eigenvalue weighted by atomic mass is 35.5. The first kappa shape index (κ1) is 12.5. The van der Waals surface area contributed by atoms with E-state index in [1.54, 1.807) is 0 Å². The van der Waals surface area contributed by atoms with Gasteiger partial charge in [0.15, 0.2) is 17.3 Å². The molecule has 2 atom stereocenters. The van der Waals surface area contributed by atoms with Gasteiger partial charge in [-0.1, -0.05) is 6.58 Å². The quantitative estimate of drug-likeness (QED) is 0.624. The van der Waals surface area contributed by atoms with Gasteiger partial charge in [0, 0.05) is 0 Å². The van der Waals surface area contributed by atoms with E-state index in [4.69, 9.17) is 21.1 Å². The second-order valence-electron chi connectivity index (χ2n) is 4.70. The number of aliphatic hydroxyl groups is 1. The number of aliphatic hydroxyl groups excluding tert-OH is 1. The van der Waals surface area contributed by atoms with Crippen molar-refractivity contribution in [2.24, 2.45) is 0 Å². The van der Waals surface area contributed by atoms with Gasteiger partial charge in [0.1, 0.15) is 12.4 Å². The Morgan fingerprint density at radius 2 is 2.21 bits per heavy atom. The molecule has 0 aliphatic carbocycles. The monoisotopic (exact) mass is 283 g/mol. The van der Waals surface area contributed by atoms with E-state index in [1.165, 1.54) is 0 Å². The molecule has 19 heavy (non-hydrogen) atoms. The number of nitrogens with zero attached hydrogens (tertiary/aromatic N) is 3. The topological polar surface area (TPSA) is 67.7 Å².